The number of pyridine rings is 1. The SMILES string of the molecule is Clc1cccc(OC2CNC2)n1. The van der Waals surface area contributed by atoms with Crippen LogP contribution < -0.4 is 10.1 Å². The molecular weight excluding hydrogens is 176 g/mol. The summed E-state index contributed by atoms with van der Waals surface area (Å²) in [6.07, 6.45) is 0.260. The minimum Gasteiger partial charge on any atom is -0.472 e. The molecule has 0 bridgehead atoms. The fraction of sp³-hybridized carbons (Fsp3) is 0.375. The van der Waals surface area contributed by atoms with Crippen LogP contribution in [0.5, 0.6) is 5.88 Å². The molecule has 0 amide bonds. The molecule has 1 N–H and O–H groups in total. The summed E-state index contributed by atoms with van der Waals surface area (Å²) in [6.45, 7) is 1.79. The lowest BCUT2D eigenvalue weighted by Crippen LogP contribution is -2.50. The van der Waals surface area contributed by atoms with Crippen LogP contribution in [0, 0.1) is 0 Å². The monoisotopic (exact) mass is 184 g/mol. The number of nitrogens with one attached hydrogen (secondary N) is 1. The van der Waals surface area contributed by atoms with Crippen LogP contribution in [0.2, 0.25) is 5.15 Å². The quantitative estimate of drug-likeness (QED) is 0.699. The third-order valence-electron chi connectivity index (χ3n) is 1.72. The van der Waals surface area contributed by atoms with Gasteiger partial charge in [-0.25, -0.2) is 4.98 Å². The topological polar surface area (TPSA) is 34.1 Å². The van der Waals surface area contributed by atoms with Gasteiger partial charge in [-0.2, -0.15) is 0 Å². The third-order valence-corrected chi connectivity index (χ3v) is 1.93. The molecule has 0 saturated carbocycles. The summed E-state index contributed by atoms with van der Waals surface area (Å²) < 4.78 is 5.47. The Hall–Kier alpha value is -0.800. The molecule has 0 atom stereocenters. The van der Waals surface area contributed by atoms with E-state index in [0.717, 1.165) is 13.1 Å². The first kappa shape index (κ1) is 7.83. The van der Waals surface area contributed by atoms with Crippen molar-refractivity contribution in [1.29, 1.82) is 0 Å². The number of ether oxygens (including phenoxy) is 1. The smallest absolute Gasteiger partial charge is 0.214 e. The molecule has 3 nitrogen and oxygen atoms in total. The minimum atomic E-state index is 0.260. The van der Waals surface area contributed by atoms with Crippen LogP contribution in [-0.2, 0) is 0 Å². The normalized spacial score (nSPS) is 17.1. The van der Waals surface area contributed by atoms with Crippen molar-refractivity contribution in [3.05, 3.63) is 23.4 Å². The Morgan fingerprint density at radius 3 is 2.92 bits per heavy atom. The highest BCUT2D eigenvalue weighted by molar-refractivity contribution is 6.29. The average Bonchev–Trinajstić information content (AvgIpc) is 1.97. The van der Waals surface area contributed by atoms with Crippen molar-refractivity contribution in [2.75, 3.05) is 13.1 Å². The second-order valence-corrected chi connectivity index (χ2v) is 3.08. The molecule has 0 spiro atoms. The van der Waals surface area contributed by atoms with E-state index in [-0.39, 0.29) is 6.10 Å². The van der Waals surface area contributed by atoms with Crippen molar-refractivity contribution in [2.24, 2.45) is 0 Å². The van der Waals surface area contributed by atoms with E-state index in [4.69, 9.17) is 16.3 Å². The molecule has 1 fully saturated rings. The first-order chi connectivity index (χ1) is 5.84. The summed E-state index contributed by atoms with van der Waals surface area (Å²) in [4.78, 5) is 4.01. The van der Waals surface area contributed by atoms with E-state index in [1.54, 1.807) is 6.07 Å². The summed E-state index contributed by atoms with van der Waals surface area (Å²) in [5.41, 5.74) is 0. The number of halogens is 1. The third kappa shape index (κ3) is 1.68. The summed E-state index contributed by atoms with van der Waals surface area (Å²) >= 11 is 5.68. The molecular formula is C8H9ClN2O. The molecule has 0 aliphatic carbocycles. The van der Waals surface area contributed by atoms with E-state index in [9.17, 15) is 0 Å². The summed E-state index contributed by atoms with van der Waals surface area (Å²) in [6, 6.07) is 5.37. The zero-order chi connectivity index (χ0) is 8.39. The predicted octanol–water partition coefficient (Wildman–Crippen LogP) is 1.09. The Kier molecular flexibility index (Phi) is 2.15. The molecule has 0 unspecified atom stereocenters. The Labute approximate surface area is 75.7 Å². The standard InChI is InChI=1S/C8H9ClN2O/c9-7-2-1-3-8(11-7)12-6-4-10-5-6/h1-3,6,10H,4-5H2. The van der Waals surface area contributed by atoms with Gasteiger partial charge in [0.05, 0.1) is 0 Å². The molecule has 0 radical (unpaired) electrons. The summed E-state index contributed by atoms with van der Waals surface area (Å²) in [5, 5.41) is 3.58. The van der Waals surface area contributed by atoms with Gasteiger partial charge in [-0.3, -0.25) is 0 Å². The van der Waals surface area contributed by atoms with Crippen LogP contribution in [0.4, 0.5) is 0 Å². The summed E-state index contributed by atoms with van der Waals surface area (Å²) in [7, 11) is 0. The minimum absolute atomic E-state index is 0.260. The van der Waals surface area contributed by atoms with E-state index >= 15 is 0 Å². The van der Waals surface area contributed by atoms with Gasteiger partial charge in [0.15, 0.2) is 0 Å². The molecule has 2 heterocycles. The van der Waals surface area contributed by atoms with Gasteiger partial charge in [0.25, 0.3) is 0 Å². The van der Waals surface area contributed by atoms with Gasteiger partial charge in [0, 0.05) is 19.2 Å². The van der Waals surface area contributed by atoms with Crippen molar-refractivity contribution < 1.29 is 4.74 Å². The van der Waals surface area contributed by atoms with E-state index in [0.29, 0.717) is 11.0 Å². The second-order valence-electron chi connectivity index (χ2n) is 2.70. The Bertz CT molecular complexity index is 276. The van der Waals surface area contributed by atoms with E-state index < -0.39 is 0 Å². The van der Waals surface area contributed by atoms with Gasteiger partial charge < -0.3 is 10.1 Å². The zero-order valence-corrected chi connectivity index (χ0v) is 7.21. The highest BCUT2D eigenvalue weighted by Crippen LogP contribution is 2.13. The second kappa shape index (κ2) is 3.29. The number of hydrogen-bond acceptors (Lipinski definition) is 3. The highest BCUT2D eigenvalue weighted by Gasteiger charge is 2.18. The van der Waals surface area contributed by atoms with Gasteiger partial charge in [-0.1, -0.05) is 17.7 Å². The molecule has 1 aromatic heterocycles. The van der Waals surface area contributed by atoms with Gasteiger partial charge in [0.2, 0.25) is 5.88 Å². The molecule has 64 valence electrons. The van der Waals surface area contributed by atoms with Crippen LogP contribution in [0.3, 0.4) is 0 Å². The Balaban J connectivity index is 2.02. The number of aromatic nitrogens is 1. The Morgan fingerprint density at radius 1 is 1.50 bits per heavy atom. The van der Waals surface area contributed by atoms with E-state index in [1.807, 2.05) is 12.1 Å². The lowest BCUT2D eigenvalue weighted by molar-refractivity contribution is 0.136. The number of hydrogen-bond donors (Lipinski definition) is 1. The predicted molar refractivity (Wildman–Crippen MR) is 46.5 cm³/mol. The highest BCUT2D eigenvalue weighted by atomic mass is 35.5. The van der Waals surface area contributed by atoms with Crippen molar-refractivity contribution in [1.82, 2.24) is 10.3 Å². The van der Waals surface area contributed by atoms with E-state index in [2.05, 4.69) is 10.3 Å². The lowest BCUT2D eigenvalue weighted by Gasteiger charge is -2.27. The van der Waals surface area contributed by atoms with Crippen molar-refractivity contribution >= 4 is 11.6 Å². The first-order valence-corrected chi connectivity index (χ1v) is 4.22. The zero-order valence-electron chi connectivity index (χ0n) is 6.46. The Morgan fingerprint density at radius 2 is 2.33 bits per heavy atom. The van der Waals surface area contributed by atoms with Crippen LogP contribution >= 0.6 is 11.6 Å². The molecule has 1 saturated heterocycles. The summed E-state index contributed by atoms with van der Waals surface area (Å²) in [5.74, 6) is 0.606. The van der Waals surface area contributed by atoms with Crippen molar-refractivity contribution in [2.45, 2.75) is 6.10 Å². The first-order valence-electron chi connectivity index (χ1n) is 3.84. The molecule has 1 aromatic rings. The van der Waals surface area contributed by atoms with Gasteiger partial charge >= 0.3 is 0 Å². The average molecular weight is 185 g/mol. The van der Waals surface area contributed by atoms with Crippen molar-refractivity contribution in [3.8, 4) is 5.88 Å². The maximum Gasteiger partial charge on any atom is 0.214 e. The lowest BCUT2D eigenvalue weighted by atomic mass is 10.2. The van der Waals surface area contributed by atoms with Gasteiger partial charge in [-0.15, -0.1) is 0 Å². The largest absolute Gasteiger partial charge is 0.472 e. The molecule has 12 heavy (non-hydrogen) atoms. The molecule has 0 aromatic carbocycles. The van der Waals surface area contributed by atoms with Crippen LogP contribution in [0.1, 0.15) is 0 Å². The molecule has 4 heteroatoms. The number of rotatable bonds is 2. The van der Waals surface area contributed by atoms with Crippen LogP contribution in [-0.4, -0.2) is 24.2 Å². The molecule has 1 aliphatic heterocycles. The van der Waals surface area contributed by atoms with Crippen molar-refractivity contribution in [3.63, 3.8) is 0 Å². The fourth-order valence-corrected chi connectivity index (χ4v) is 1.13. The van der Waals surface area contributed by atoms with Gasteiger partial charge in [0.1, 0.15) is 11.3 Å². The van der Waals surface area contributed by atoms with Crippen LogP contribution in [0.15, 0.2) is 18.2 Å². The fourth-order valence-electron chi connectivity index (χ4n) is 0.972. The maximum absolute atomic E-state index is 5.68. The molecule has 2 rings (SSSR count). The van der Waals surface area contributed by atoms with E-state index in [1.165, 1.54) is 0 Å². The number of nitrogens with zero attached hydrogens (tertiary/aromatic N) is 1. The van der Waals surface area contributed by atoms with Crippen LogP contribution in [0.25, 0.3) is 0 Å². The van der Waals surface area contributed by atoms with Gasteiger partial charge in [-0.05, 0) is 6.07 Å². The molecule has 1 aliphatic rings. The maximum atomic E-state index is 5.68.